The van der Waals surface area contributed by atoms with Crippen LogP contribution in [-0.2, 0) is 4.79 Å². The number of nitriles is 1. The molecular weight excluding hydrogens is 303 g/mol. The van der Waals surface area contributed by atoms with Gasteiger partial charge in [-0.2, -0.15) is 5.26 Å². The van der Waals surface area contributed by atoms with Crippen molar-refractivity contribution in [3.63, 3.8) is 0 Å². The Morgan fingerprint density at radius 2 is 1.95 bits per heavy atom. The summed E-state index contributed by atoms with van der Waals surface area (Å²) >= 11 is 5.65. The van der Waals surface area contributed by atoms with Crippen LogP contribution in [0.5, 0.6) is 0 Å². The van der Waals surface area contributed by atoms with E-state index in [9.17, 15) is 9.18 Å². The summed E-state index contributed by atoms with van der Waals surface area (Å²) in [5.41, 5.74) is 2.10. The zero-order chi connectivity index (χ0) is 16.1. The Morgan fingerprint density at radius 1 is 1.27 bits per heavy atom. The van der Waals surface area contributed by atoms with Crippen LogP contribution in [0.3, 0.4) is 0 Å². The first-order valence-corrected chi connectivity index (χ1v) is 6.82. The highest BCUT2D eigenvalue weighted by Gasteiger charge is 2.10. The highest BCUT2D eigenvalue weighted by molar-refractivity contribution is 6.31. The van der Waals surface area contributed by atoms with Crippen LogP contribution in [0, 0.1) is 24.1 Å². The Kier molecular flexibility index (Phi) is 4.92. The Bertz CT molecular complexity index is 776. The number of rotatable bonds is 3. The van der Waals surface area contributed by atoms with Crippen LogP contribution in [0.2, 0.25) is 5.02 Å². The highest BCUT2D eigenvalue weighted by Crippen LogP contribution is 2.20. The molecule has 2 aromatic carbocycles. The minimum Gasteiger partial charge on any atom is -0.321 e. The first-order valence-electron chi connectivity index (χ1n) is 6.44. The summed E-state index contributed by atoms with van der Waals surface area (Å²) in [5.74, 6) is -1.15. The number of carbonyl (C=O) groups excluding carboxylic acids is 1. The van der Waals surface area contributed by atoms with E-state index in [1.165, 1.54) is 18.2 Å². The molecule has 0 bridgehead atoms. The van der Waals surface area contributed by atoms with Crippen molar-refractivity contribution in [2.24, 2.45) is 0 Å². The molecule has 0 aliphatic heterocycles. The molecule has 110 valence electrons. The number of anilines is 1. The lowest BCUT2D eigenvalue weighted by Gasteiger charge is -2.05. The number of amides is 1. The Hall–Kier alpha value is -2.64. The molecule has 0 saturated heterocycles. The maximum atomic E-state index is 13.1. The predicted octanol–water partition coefficient (Wildman–Crippen LogP) is 4.33. The maximum absolute atomic E-state index is 13.1. The standard InChI is InChI=1S/C17H12ClFN2O/c1-11-2-4-12(5-3-11)8-13(10-20)17(22)21-14-6-7-16(19)15(18)9-14/h2-9H,1H3,(H,21,22)/b13-8+. The SMILES string of the molecule is Cc1ccc(/C=C(\C#N)C(=O)Nc2ccc(F)c(Cl)c2)cc1. The van der Waals surface area contributed by atoms with Crippen LogP contribution in [0.15, 0.2) is 48.0 Å². The van der Waals surface area contributed by atoms with Gasteiger partial charge < -0.3 is 5.32 Å². The molecule has 22 heavy (non-hydrogen) atoms. The van der Waals surface area contributed by atoms with Gasteiger partial charge in [0, 0.05) is 5.69 Å². The monoisotopic (exact) mass is 314 g/mol. The van der Waals surface area contributed by atoms with E-state index in [0.29, 0.717) is 5.69 Å². The zero-order valence-electron chi connectivity index (χ0n) is 11.7. The van der Waals surface area contributed by atoms with Gasteiger partial charge in [0.2, 0.25) is 0 Å². The smallest absolute Gasteiger partial charge is 0.266 e. The van der Waals surface area contributed by atoms with Crippen molar-refractivity contribution in [1.82, 2.24) is 0 Å². The molecule has 0 unspecified atom stereocenters. The summed E-state index contributed by atoms with van der Waals surface area (Å²) in [7, 11) is 0. The molecule has 3 nitrogen and oxygen atoms in total. The third kappa shape index (κ3) is 3.94. The van der Waals surface area contributed by atoms with Crippen molar-refractivity contribution < 1.29 is 9.18 Å². The van der Waals surface area contributed by atoms with Crippen LogP contribution in [-0.4, -0.2) is 5.91 Å². The quantitative estimate of drug-likeness (QED) is 0.677. The minimum absolute atomic E-state index is 0.0516. The average Bonchev–Trinajstić information content (AvgIpc) is 2.50. The third-order valence-corrected chi connectivity index (χ3v) is 3.22. The Morgan fingerprint density at radius 3 is 2.55 bits per heavy atom. The van der Waals surface area contributed by atoms with Gasteiger partial charge in [-0.25, -0.2) is 4.39 Å². The lowest BCUT2D eigenvalue weighted by molar-refractivity contribution is -0.112. The van der Waals surface area contributed by atoms with Gasteiger partial charge in [-0.1, -0.05) is 41.4 Å². The Labute approximate surface area is 132 Å². The fraction of sp³-hybridized carbons (Fsp3) is 0.0588. The second-order valence-corrected chi connectivity index (χ2v) is 5.07. The van der Waals surface area contributed by atoms with Crippen molar-refractivity contribution in [2.45, 2.75) is 6.92 Å². The molecule has 0 aliphatic rings. The number of hydrogen-bond acceptors (Lipinski definition) is 2. The largest absolute Gasteiger partial charge is 0.321 e. The van der Waals surface area contributed by atoms with Crippen LogP contribution in [0.4, 0.5) is 10.1 Å². The molecule has 0 fully saturated rings. The second-order valence-electron chi connectivity index (χ2n) is 4.66. The van der Waals surface area contributed by atoms with Crippen molar-refractivity contribution in [3.8, 4) is 6.07 Å². The van der Waals surface area contributed by atoms with Gasteiger partial charge >= 0.3 is 0 Å². The van der Waals surface area contributed by atoms with E-state index in [2.05, 4.69) is 5.32 Å². The van der Waals surface area contributed by atoms with Gasteiger partial charge in [0.1, 0.15) is 17.5 Å². The minimum atomic E-state index is -0.578. The van der Waals surface area contributed by atoms with E-state index in [4.69, 9.17) is 16.9 Å². The average molecular weight is 315 g/mol. The summed E-state index contributed by atoms with van der Waals surface area (Å²) in [5, 5.41) is 11.5. The predicted molar refractivity (Wildman–Crippen MR) is 84.8 cm³/mol. The summed E-state index contributed by atoms with van der Waals surface area (Å²) in [6, 6.07) is 13.1. The van der Waals surface area contributed by atoms with Crippen LogP contribution in [0.25, 0.3) is 6.08 Å². The number of carbonyl (C=O) groups is 1. The molecular formula is C17H12ClFN2O. The van der Waals surface area contributed by atoms with Crippen LogP contribution >= 0.6 is 11.6 Å². The molecule has 0 saturated carbocycles. The van der Waals surface area contributed by atoms with E-state index < -0.39 is 11.7 Å². The fourth-order valence-electron chi connectivity index (χ4n) is 1.75. The molecule has 0 aromatic heterocycles. The number of nitrogens with one attached hydrogen (secondary N) is 1. The number of hydrogen-bond donors (Lipinski definition) is 1. The molecule has 2 aromatic rings. The van der Waals surface area contributed by atoms with Crippen molar-refractivity contribution in [2.75, 3.05) is 5.32 Å². The topological polar surface area (TPSA) is 52.9 Å². The number of halogens is 2. The van der Waals surface area contributed by atoms with E-state index in [-0.39, 0.29) is 10.6 Å². The maximum Gasteiger partial charge on any atom is 0.266 e. The van der Waals surface area contributed by atoms with Gasteiger partial charge in [-0.3, -0.25) is 4.79 Å². The number of nitrogens with zero attached hydrogens (tertiary/aromatic N) is 1. The van der Waals surface area contributed by atoms with Gasteiger partial charge in [0.15, 0.2) is 0 Å². The van der Waals surface area contributed by atoms with Crippen molar-refractivity contribution in [1.29, 1.82) is 5.26 Å². The molecule has 1 N–H and O–H groups in total. The first kappa shape index (κ1) is 15.7. The third-order valence-electron chi connectivity index (χ3n) is 2.93. The molecule has 5 heteroatoms. The van der Waals surface area contributed by atoms with Crippen LogP contribution in [0.1, 0.15) is 11.1 Å². The Balaban J connectivity index is 2.20. The molecule has 1 amide bonds. The zero-order valence-corrected chi connectivity index (χ0v) is 12.5. The van der Waals surface area contributed by atoms with E-state index >= 15 is 0 Å². The number of aryl methyl sites for hydroxylation is 1. The molecule has 0 radical (unpaired) electrons. The molecule has 2 rings (SSSR count). The summed E-state index contributed by atoms with van der Waals surface area (Å²) < 4.78 is 13.1. The highest BCUT2D eigenvalue weighted by atomic mass is 35.5. The second kappa shape index (κ2) is 6.88. The summed E-state index contributed by atoms with van der Waals surface area (Å²) in [4.78, 5) is 12.1. The van der Waals surface area contributed by atoms with Gasteiger partial charge in [0.05, 0.1) is 5.02 Å². The van der Waals surface area contributed by atoms with Gasteiger partial charge in [-0.15, -0.1) is 0 Å². The van der Waals surface area contributed by atoms with E-state index in [1.54, 1.807) is 0 Å². The van der Waals surface area contributed by atoms with Crippen LogP contribution < -0.4 is 5.32 Å². The fourth-order valence-corrected chi connectivity index (χ4v) is 1.93. The summed E-state index contributed by atoms with van der Waals surface area (Å²) in [6.45, 7) is 1.95. The number of benzene rings is 2. The first-order chi connectivity index (χ1) is 10.5. The van der Waals surface area contributed by atoms with E-state index in [1.807, 2.05) is 37.3 Å². The lowest BCUT2D eigenvalue weighted by atomic mass is 10.1. The molecule has 0 atom stereocenters. The van der Waals surface area contributed by atoms with Gasteiger partial charge in [0.25, 0.3) is 5.91 Å². The normalized spacial score (nSPS) is 10.9. The van der Waals surface area contributed by atoms with Crippen molar-refractivity contribution in [3.05, 3.63) is 70.0 Å². The molecule has 0 heterocycles. The lowest BCUT2D eigenvalue weighted by Crippen LogP contribution is -2.13. The molecule has 0 aliphatic carbocycles. The molecule has 0 spiro atoms. The van der Waals surface area contributed by atoms with Gasteiger partial charge in [-0.05, 0) is 36.8 Å². The van der Waals surface area contributed by atoms with Crippen molar-refractivity contribution >= 4 is 29.3 Å². The summed E-state index contributed by atoms with van der Waals surface area (Å²) in [6.07, 6.45) is 1.49. The van der Waals surface area contributed by atoms with E-state index in [0.717, 1.165) is 17.2 Å².